The van der Waals surface area contributed by atoms with Crippen molar-refractivity contribution in [2.45, 2.75) is 17.0 Å². The minimum atomic E-state index is -1.06. The Balaban J connectivity index is 2.18. The Bertz CT molecular complexity index is 661. The van der Waals surface area contributed by atoms with E-state index in [-0.39, 0.29) is 17.2 Å². The molecule has 0 spiro atoms. The van der Waals surface area contributed by atoms with E-state index in [4.69, 9.17) is 5.11 Å². The van der Waals surface area contributed by atoms with Crippen LogP contribution in [0.3, 0.4) is 0 Å². The molecule has 0 aliphatic carbocycles. The van der Waals surface area contributed by atoms with Crippen molar-refractivity contribution in [3.63, 3.8) is 0 Å². The fourth-order valence-corrected chi connectivity index (χ4v) is 2.28. The minimum Gasteiger partial charge on any atom is -0.478 e. The van der Waals surface area contributed by atoms with Gasteiger partial charge in [-0.15, -0.1) is 10.2 Å². The molecule has 0 aromatic carbocycles. The zero-order chi connectivity index (χ0) is 15.2. The Hall–Kier alpha value is -2.48. The minimum absolute atomic E-state index is 0.0945. The number of aromatic carboxylic acids is 1. The molecule has 0 radical (unpaired) electrons. The first kappa shape index (κ1) is 14.9. The second-order valence-electron chi connectivity index (χ2n) is 3.88. The Kier molecular flexibility index (Phi) is 4.83. The highest BCUT2D eigenvalue weighted by Gasteiger charge is 2.13. The average molecular weight is 304 g/mol. The molecule has 0 bridgehead atoms. The van der Waals surface area contributed by atoms with E-state index >= 15 is 0 Å². The van der Waals surface area contributed by atoms with Crippen LogP contribution < -0.4 is 5.32 Å². The Labute approximate surface area is 124 Å². The van der Waals surface area contributed by atoms with Crippen molar-refractivity contribution in [3.8, 4) is 0 Å². The lowest BCUT2D eigenvalue weighted by Crippen LogP contribution is -2.23. The highest BCUT2D eigenvalue weighted by molar-refractivity contribution is 7.99. The van der Waals surface area contributed by atoms with E-state index in [0.29, 0.717) is 16.6 Å². The zero-order valence-electron chi connectivity index (χ0n) is 11.1. The van der Waals surface area contributed by atoms with Gasteiger partial charge in [-0.1, -0.05) is 0 Å². The van der Waals surface area contributed by atoms with E-state index in [9.17, 15) is 9.59 Å². The van der Waals surface area contributed by atoms with Crippen LogP contribution in [0.25, 0.3) is 0 Å². The van der Waals surface area contributed by atoms with Crippen LogP contribution in [0.2, 0.25) is 0 Å². The van der Waals surface area contributed by atoms with Gasteiger partial charge in [0.1, 0.15) is 10.1 Å². The van der Waals surface area contributed by atoms with Crippen molar-refractivity contribution in [2.24, 2.45) is 0 Å². The van der Waals surface area contributed by atoms with E-state index in [0.717, 1.165) is 11.8 Å². The van der Waals surface area contributed by atoms with Gasteiger partial charge in [-0.05, 0) is 43.0 Å². The molecule has 0 unspecified atom stereocenters. The smallest absolute Gasteiger partial charge is 0.338 e. The zero-order valence-corrected chi connectivity index (χ0v) is 11.9. The van der Waals surface area contributed by atoms with Crippen molar-refractivity contribution in [3.05, 3.63) is 41.7 Å². The predicted molar refractivity (Wildman–Crippen MR) is 75.4 cm³/mol. The lowest BCUT2D eigenvalue weighted by Gasteiger charge is -2.04. The van der Waals surface area contributed by atoms with Crippen molar-refractivity contribution in [2.75, 3.05) is 6.54 Å². The first-order valence-electron chi connectivity index (χ1n) is 6.10. The molecule has 2 aromatic rings. The van der Waals surface area contributed by atoms with Crippen molar-refractivity contribution < 1.29 is 14.7 Å². The number of nitrogens with zero attached hydrogens (tertiary/aromatic N) is 3. The lowest BCUT2D eigenvalue weighted by atomic mass is 10.3. The van der Waals surface area contributed by atoms with Gasteiger partial charge in [-0.3, -0.25) is 4.79 Å². The van der Waals surface area contributed by atoms with Crippen molar-refractivity contribution >= 4 is 23.6 Å². The van der Waals surface area contributed by atoms with Gasteiger partial charge in [-0.25, -0.2) is 9.78 Å². The normalized spacial score (nSPS) is 10.1. The van der Waals surface area contributed by atoms with Crippen LogP contribution in [0, 0.1) is 0 Å². The Morgan fingerprint density at radius 1 is 1.29 bits per heavy atom. The molecule has 0 aliphatic heterocycles. The summed E-state index contributed by atoms with van der Waals surface area (Å²) in [6.07, 6.45) is 1.51. The molecule has 108 valence electrons. The number of carboxylic acid groups (broad SMARTS) is 1. The third-order valence-electron chi connectivity index (χ3n) is 2.41. The number of carboxylic acids is 1. The number of nitrogens with one attached hydrogen (secondary N) is 1. The van der Waals surface area contributed by atoms with Crippen LogP contribution in [0.5, 0.6) is 0 Å². The summed E-state index contributed by atoms with van der Waals surface area (Å²) in [5.74, 6) is -1.36. The van der Waals surface area contributed by atoms with Gasteiger partial charge in [0.15, 0.2) is 5.69 Å². The summed E-state index contributed by atoms with van der Waals surface area (Å²) in [6.45, 7) is 2.32. The van der Waals surface area contributed by atoms with Crippen LogP contribution in [0.15, 0.2) is 40.5 Å². The summed E-state index contributed by atoms with van der Waals surface area (Å²) in [5, 5.41) is 20.2. The highest BCUT2D eigenvalue weighted by Crippen LogP contribution is 2.26. The molecule has 8 heteroatoms. The lowest BCUT2D eigenvalue weighted by molar-refractivity contribution is 0.0692. The van der Waals surface area contributed by atoms with Gasteiger partial charge < -0.3 is 10.4 Å². The molecule has 2 N–H and O–H groups in total. The maximum Gasteiger partial charge on any atom is 0.338 e. The second-order valence-corrected chi connectivity index (χ2v) is 4.89. The fourth-order valence-electron chi connectivity index (χ4n) is 1.48. The molecule has 1 amide bonds. The number of carbonyl (C=O) groups excluding carboxylic acids is 1. The van der Waals surface area contributed by atoms with Crippen molar-refractivity contribution in [1.29, 1.82) is 0 Å². The third-order valence-corrected chi connectivity index (χ3v) is 3.36. The molecule has 0 fully saturated rings. The number of pyridine rings is 1. The summed E-state index contributed by atoms with van der Waals surface area (Å²) >= 11 is 1.08. The van der Waals surface area contributed by atoms with E-state index in [1.165, 1.54) is 18.3 Å². The first-order chi connectivity index (χ1) is 10.1. The van der Waals surface area contributed by atoms with E-state index in [1.54, 1.807) is 12.1 Å². The molecule has 2 heterocycles. The number of amides is 1. The SMILES string of the molecule is CCNC(=O)c1ccc(Sc2ncccc2C(=O)O)nn1. The van der Waals surface area contributed by atoms with Crippen LogP contribution in [-0.4, -0.2) is 38.7 Å². The summed E-state index contributed by atoms with van der Waals surface area (Å²) in [5.41, 5.74) is 0.304. The predicted octanol–water partition coefficient (Wildman–Crippen LogP) is 1.47. The monoisotopic (exact) mass is 304 g/mol. The van der Waals surface area contributed by atoms with Crippen LogP contribution in [-0.2, 0) is 0 Å². The van der Waals surface area contributed by atoms with Gasteiger partial charge in [-0.2, -0.15) is 0 Å². The summed E-state index contributed by atoms with van der Waals surface area (Å²) in [7, 11) is 0. The maximum atomic E-state index is 11.5. The van der Waals surface area contributed by atoms with E-state index in [2.05, 4.69) is 20.5 Å². The van der Waals surface area contributed by atoms with Gasteiger partial charge in [0.2, 0.25) is 0 Å². The first-order valence-corrected chi connectivity index (χ1v) is 6.91. The molecule has 7 nitrogen and oxygen atoms in total. The van der Waals surface area contributed by atoms with Crippen LogP contribution in [0.1, 0.15) is 27.8 Å². The van der Waals surface area contributed by atoms with E-state index in [1.807, 2.05) is 6.92 Å². The number of hydrogen-bond donors (Lipinski definition) is 2. The summed E-state index contributed by atoms with van der Waals surface area (Å²) in [6, 6.07) is 6.15. The molecule has 21 heavy (non-hydrogen) atoms. The van der Waals surface area contributed by atoms with Gasteiger partial charge in [0, 0.05) is 12.7 Å². The molecule has 0 aliphatic rings. The van der Waals surface area contributed by atoms with Crippen molar-refractivity contribution in [1.82, 2.24) is 20.5 Å². The summed E-state index contributed by atoms with van der Waals surface area (Å²) in [4.78, 5) is 26.6. The molecular formula is C13H12N4O3S. The van der Waals surface area contributed by atoms with Crippen LogP contribution >= 0.6 is 11.8 Å². The van der Waals surface area contributed by atoms with Gasteiger partial charge >= 0.3 is 5.97 Å². The molecule has 0 saturated carbocycles. The number of carbonyl (C=O) groups is 2. The third kappa shape index (κ3) is 3.76. The van der Waals surface area contributed by atoms with Crippen LogP contribution in [0.4, 0.5) is 0 Å². The number of aromatic nitrogens is 3. The average Bonchev–Trinajstić information content (AvgIpc) is 2.48. The largest absolute Gasteiger partial charge is 0.478 e. The number of rotatable bonds is 5. The second kappa shape index (κ2) is 6.80. The molecule has 2 rings (SSSR count). The number of hydrogen-bond acceptors (Lipinski definition) is 6. The standard InChI is InChI=1S/C13H12N4O3S/c1-2-14-11(18)9-5-6-10(17-16-9)21-12-8(13(19)20)4-3-7-15-12/h3-7H,2H2,1H3,(H,14,18)(H,19,20). The van der Waals surface area contributed by atoms with E-state index < -0.39 is 5.97 Å². The quantitative estimate of drug-likeness (QED) is 0.861. The Morgan fingerprint density at radius 3 is 2.71 bits per heavy atom. The van der Waals surface area contributed by atoms with Gasteiger partial charge in [0.05, 0.1) is 5.56 Å². The van der Waals surface area contributed by atoms with Gasteiger partial charge in [0.25, 0.3) is 5.91 Å². The molecule has 0 saturated heterocycles. The fraction of sp³-hybridized carbons (Fsp3) is 0.154. The highest BCUT2D eigenvalue weighted by atomic mass is 32.2. The topological polar surface area (TPSA) is 105 Å². The summed E-state index contributed by atoms with van der Waals surface area (Å²) < 4.78 is 0. The molecule has 2 aromatic heterocycles. The molecular weight excluding hydrogens is 292 g/mol. The molecule has 0 atom stereocenters. The Morgan fingerprint density at radius 2 is 2.10 bits per heavy atom. The maximum absolute atomic E-state index is 11.5.